The Balaban J connectivity index is 0.00000109. The molecule has 0 saturated heterocycles. The third-order valence-corrected chi connectivity index (χ3v) is 7.46. The summed E-state index contributed by atoms with van der Waals surface area (Å²) in [4.78, 5) is 0. The fraction of sp³-hybridized carbons (Fsp3) is 0.538. The Morgan fingerprint density at radius 2 is 1.10 bits per heavy atom. The standard InChI is InChI=1S/C27H34N2.2C6H13.Pd/c1-4-6-8-9-11-25-20-26(23-16-12-21(3)13-17-23)29(28)27(25)24-18-14-22(15-19-24)10-7-5-2;2*1-3-5-6-4-2;/h12-20H,4-11H2,1-3H3;2*1,3-6H2,2H3;/q;2*-1;+2. The van der Waals surface area contributed by atoms with E-state index >= 15 is 0 Å². The van der Waals surface area contributed by atoms with Crippen LogP contribution in [-0.2, 0) is 26.8 Å². The van der Waals surface area contributed by atoms with Crippen molar-refractivity contribution in [2.24, 2.45) is 0 Å². The molecule has 0 aliphatic carbocycles. The predicted molar refractivity (Wildman–Crippen MR) is 183 cm³/mol. The summed E-state index contributed by atoms with van der Waals surface area (Å²) in [5.41, 5.74) is 18.9. The molecule has 1 aliphatic rings. The van der Waals surface area contributed by atoms with Crippen molar-refractivity contribution < 1.29 is 25.1 Å². The summed E-state index contributed by atoms with van der Waals surface area (Å²) in [7, 11) is 0. The molecule has 2 aromatic rings. The summed E-state index contributed by atoms with van der Waals surface area (Å²) in [6, 6.07) is 17.2. The van der Waals surface area contributed by atoms with Crippen LogP contribution in [0.5, 0.6) is 0 Å². The van der Waals surface area contributed by atoms with Crippen molar-refractivity contribution in [2.45, 2.75) is 137 Å². The van der Waals surface area contributed by atoms with Crippen LogP contribution in [0.25, 0.3) is 16.9 Å². The molecule has 0 N–H and O–H groups in total. The summed E-state index contributed by atoms with van der Waals surface area (Å²) in [6.07, 6.45) is 21.8. The summed E-state index contributed by atoms with van der Waals surface area (Å²) in [5.74, 6) is 0. The van der Waals surface area contributed by atoms with Gasteiger partial charge in [-0.25, -0.2) is 4.70 Å². The minimum atomic E-state index is 0. The molecule has 236 valence electrons. The zero-order valence-electron chi connectivity index (χ0n) is 27.6. The van der Waals surface area contributed by atoms with Crippen molar-refractivity contribution in [3.05, 3.63) is 102 Å². The molecule has 42 heavy (non-hydrogen) atoms. The van der Waals surface area contributed by atoms with E-state index in [4.69, 9.17) is 0 Å². The second-order valence-corrected chi connectivity index (χ2v) is 11.3. The van der Waals surface area contributed by atoms with Crippen molar-refractivity contribution >= 4 is 11.4 Å². The number of hydrogen-bond acceptors (Lipinski definition) is 0. The minimum Gasteiger partial charge on any atom is -0.493 e. The van der Waals surface area contributed by atoms with E-state index in [0.29, 0.717) is 0 Å². The van der Waals surface area contributed by atoms with Crippen LogP contribution >= 0.6 is 0 Å². The van der Waals surface area contributed by atoms with E-state index < -0.39 is 0 Å². The van der Waals surface area contributed by atoms with Crippen molar-refractivity contribution in [1.29, 1.82) is 0 Å². The molecule has 0 atom stereocenters. The van der Waals surface area contributed by atoms with E-state index in [1.54, 1.807) is 0 Å². The van der Waals surface area contributed by atoms with Gasteiger partial charge < -0.3 is 19.4 Å². The van der Waals surface area contributed by atoms with Crippen molar-refractivity contribution in [1.82, 2.24) is 0 Å². The molecule has 1 heterocycles. The molecular weight excluding hydrogens is 603 g/mol. The van der Waals surface area contributed by atoms with Crippen LogP contribution in [0.2, 0.25) is 0 Å². The summed E-state index contributed by atoms with van der Waals surface area (Å²) in [6.45, 7) is 18.4. The molecule has 0 radical (unpaired) electrons. The number of unbranched alkanes of at least 4 members (excludes halogenated alkanes) is 10. The monoisotopic (exact) mass is 662 g/mol. The molecule has 2 nitrogen and oxygen atoms in total. The topological polar surface area (TPSA) is 25.3 Å². The number of nitrogens with zero attached hydrogens (tertiary/aromatic N) is 2. The minimum absolute atomic E-state index is 0. The van der Waals surface area contributed by atoms with Crippen LogP contribution in [0.15, 0.2) is 60.2 Å². The third kappa shape index (κ3) is 15.6. The van der Waals surface area contributed by atoms with Gasteiger partial charge in [0.25, 0.3) is 0 Å². The average Bonchev–Trinajstić information content (AvgIpc) is 3.33. The van der Waals surface area contributed by atoms with Crippen molar-refractivity contribution in [2.75, 3.05) is 0 Å². The first kappa shape index (κ1) is 40.2. The van der Waals surface area contributed by atoms with Crippen LogP contribution in [0, 0.1) is 20.8 Å². The molecule has 0 amide bonds. The first-order valence-corrected chi connectivity index (χ1v) is 16.7. The molecular formula is C39H60N2Pd. The van der Waals surface area contributed by atoms with Gasteiger partial charge >= 0.3 is 20.4 Å². The second kappa shape index (κ2) is 25.7. The summed E-state index contributed by atoms with van der Waals surface area (Å²) < 4.78 is 1.40. The SMILES string of the molecule is CCCCCCC1=C(c2ccc(CCCC)cc2)[N+](=[N-])C(c2ccc(C)cc2)=C1.[CH2-]CCCCC.[CH2-]CCCCC.[Pd+2]. The van der Waals surface area contributed by atoms with Gasteiger partial charge in [-0.15, -0.1) is 0 Å². The molecule has 3 rings (SSSR count). The molecule has 0 unspecified atom stereocenters. The molecule has 2 aromatic carbocycles. The number of benzene rings is 2. The quantitative estimate of drug-likeness (QED) is 0.0740. The van der Waals surface area contributed by atoms with Gasteiger partial charge in [0.05, 0.1) is 0 Å². The van der Waals surface area contributed by atoms with Gasteiger partial charge in [0.1, 0.15) is 0 Å². The maximum atomic E-state index is 11.1. The molecule has 0 spiro atoms. The van der Waals surface area contributed by atoms with E-state index in [-0.39, 0.29) is 20.4 Å². The molecule has 1 aliphatic heterocycles. The second-order valence-electron chi connectivity index (χ2n) is 11.3. The Bertz CT molecular complexity index is 999. The third-order valence-electron chi connectivity index (χ3n) is 7.46. The number of aryl methyl sites for hydroxylation is 2. The zero-order chi connectivity index (χ0) is 30.3. The van der Waals surface area contributed by atoms with Gasteiger partial charge in [-0.2, -0.15) is 12.8 Å². The van der Waals surface area contributed by atoms with E-state index in [2.05, 4.69) is 103 Å². The van der Waals surface area contributed by atoms with Gasteiger partial charge in [-0.1, -0.05) is 122 Å². The van der Waals surface area contributed by atoms with E-state index in [0.717, 1.165) is 54.6 Å². The average molecular weight is 663 g/mol. The van der Waals surface area contributed by atoms with Crippen molar-refractivity contribution in [3.8, 4) is 0 Å². The Morgan fingerprint density at radius 3 is 1.57 bits per heavy atom. The summed E-state index contributed by atoms with van der Waals surface area (Å²) in [5, 5.41) is 0. The van der Waals surface area contributed by atoms with Crippen LogP contribution < -0.4 is 0 Å². The Labute approximate surface area is 274 Å². The Kier molecular flexibility index (Phi) is 24.5. The fourth-order valence-corrected chi connectivity index (χ4v) is 4.79. The fourth-order valence-electron chi connectivity index (χ4n) is 4.79. The van der Waals surface area contributed by atoms with Crippen LogP contribution in [0.3, 0.4) is 0 Å². The molecule has 0 fully saturated rings. The zero-order valence-corrected chi connectivity index (χ0v) is 29.2. The van der Waals surface area contributed by atoms with Gasteiger partial charge in [-0.05, 0) is 62.4 Å². The van der Waals surface area contributed by atoms with Crippen LogP contribution in [0.4, 0.5) is 0 Å². The largest absolute Gasteiger partial charge is 2.00 e. The number of allylic oxidation sites excluding steroid dienone is 2. The molecule has 0 saturated carbocycles. The van der Waals surface area contributed by atoms with Gasteiger partial charge in [0.2, 0.25) is 11.4 Å². The number of rotatable bonds is 16. The Morgan fingerprint density at radius 1 is 0.595 bits per heavy atom. The maximum absolute atomic E-state index is 11.1. The first-order valence-electron chi connectivity index (χ1n) is 16.7. The predicted octanol–water partition coefficient (Wildman–Crippen LogP) is 12.9. The summed E-state index contributed by atoms with van der Waals surface area (Å²) >= 11 is 0. The van der Waals surface area contributed by atoms with E-state index in [1.807, 2.05) is 0 Å². The van der Waals surface area contributed by atoms with Crippen LogP contribution in [-0.4, -0.2) is 4.70 Å². The number of hydrogen-bond donors (Lipinski definition) is 0. The van der Waals surface area contributed by atoms with E-state index in [9.17, 15) is 5.53 Å². The smallest absolute Gasteiger partial charge is 0.493 e. The molecule has 0 bridgehead atoms. The Hall–Kier alpha value is -1.82. The maximum Gasteiger partial charge on any atom is 2.00 e. The first-order chi connectivity index (χ1) is 20.0. The van der Waals surface area contributed by atoms with Gasteiger partial charge in [0.15, 0.2) is 0 Å². The van der Waals surface area contributed by atoms with Gasteiger partial charge in [-0.3, -0.25) is 0 Å². The van der Waals surface area contributed by atoms with Gasteiger partial charge in [0, 0.05) is 22.8 Å². The van der Waals surface area contributed by atoms with E-state index in [1.165, 1.54) is 92.0 Å². The normalized spacial score (nSPS) is 12.2. The van der Waals surface area contributed by atoms with Crippen LogP contribution in [0.1, 0.15) is 146 Å². The molecule has 0 aromatic heterocycles. The molecule has 3 heteroatoms. The van der Waals surface area contributed by atoms with Crippen molar-refractivity contribution in [3.63, 3.8) is 0 Å².